The van der Waals surface area contributed by atoms with Gasteiger partial charge in [-0.2, -0.15) is 0 Å². The number of piperazine rings is 1. The van der Waals surface area contributed by atoms with Gasteiger partial charge in [0.2, 0.25) is 11.8 Å². The van der Waals surface area contributed by atoms with E-state index in [4.69, 9.17) is 0 Å². The molecular weight excluding hydrogens is 427 g/mol. The summed E-state index contributed by atoms with van der Waals surface area (Å²) < 4.78 is 13.0. The van der Waals surface area contributed by atoms with Gasteiger partial charge in [0.25, 0.3) is 5.69 Å². The number of halogens is 1. The molecule has 4 rings (SSSR count). The lowest BCUT2D eigenvalue weighted by molar-refractivity contribution is -0.384. The lowest BCUT2D eigenvalue weighted by Crippen LogP contribution is -2.53. The van der Waals surface area contributed by atoms with Crippen LogP contribution in [0.2, 0.25) is 0 Å². The summed E-state index contributed by atoms with van der Waals surface area (Å²) in [7, 11) is 0. The molecule has 2 amide bonds. The second-order valence-corrected chi connectivity index (χ2v) is 8.52. The van der Waals surface area contributed by atoms with Gasteiger partial charge in [-0.05, 0) is 36.6 Å². The van der Waals surface area contributed by atoms with Gasteiger partial charge in [0, 0.05) is 51.3 Å². The Morgan fingerprint density at radius 3 is 2.15 bits per heavy atom. The first-order valence-electron chi connectivity index (χ1n) is 11.2. The van der Waals surface area contributed by atoms with Gasteiger partial charge in [0.15, 0.2) is 0 Å². The van der Waals surface area contributed by atoms with E-state index in [1.807, 2.05) is 9.80 Å². The van der Waals surface area contributed by atoms with Crippen molar-refractivity contribution in [1.82, 2.24) is 9.80 Å². The van der Waals surface area contributed by atoms with Gasteiger partial charge in [-0.1, -0.05) is 24.3 Å². The zero-order chi connectivity index (χ0) is 23.4. The maximum Gasteiger partial charge on any atom is 0.292 e. The van der Waals surface area contributed by atoms with Crippen LogP contribution in [0.1, 0.15) is 18.4 Å². The fourth-order valence-corrected chi connectivity index (χ4v) is 4.58. The molecule has 33 heavy (non-hydrogen) atoms. The minimum Gasteiger partial charge on any atom is -0.366 e. The fraction of sp³-hybridized carbons (Fsp3) is 0.417. The van der Waals surface area contributed by atoms with E-state index < -0.39 is 0 Å². The van der Waals surface area contributed by atoms with Gasteiger partial charge in [0.05, 0.1) is 11.3 Å². The zero-order valence-electron chi connectivity index (χ0n) is 18.4. The topological polar surface area (TPSA) is 87.0 Å². The highest BCUT2D eigenvalue weighted by Crippen LogP contribution is 2.31. The van der Waals surface area contributed by atoms with Gasteiger partial charge in [-0.15, -0.1) is 0 Å². The summed E-state index contributed by atoms with van der Waals surface area (Å²) in [5.74, 6) is -0.356. The molecule has 2 saturated heterocycles. The molecule has 0 N–H and O–H groups in total. The summed E-state index contributed by atoms with van der Waals surface area (Å²) >= 11 is 0. The number of hydrogen-bond acceptors (Lipinski definition) is 5. The van der Waals surface area contributed by atoms with Gasteiger partial charge < -0.3 is 14.7 Å². The Morgan fingerprint density at radius 1 is 0.909 bits per heavy atom. The predicted molar refractivity (Wildman–Crippen MR) is 121 cm³/mol. The Bertz CT molecular complexity index is 1010. The number of nitro benzene ring substituents is 1. The monoisotopic (exact) mass is 454 g/mol. The molecule has 0 spiro atoms. The third-order valence-electron chi connectivity index (χ3n) is 6.48. The van der Waals surface area contributed by atoms with Crippen LogP contribution < -0.4 is 4.90 Å². The van der Waals surface area contributed by atoms with Crippen LogP contribution in [0, 0.1) is 21.8 Å². The van der Waals surface area contributed by atoms with E-state index >= 15 is 0 Å². The first-order valence-corrected chi connectivity index (χ1v) is 11.2. The molecule has 2 aromatic carbocycles. The number of carbonyl (C=O) groups excluding carboxylic acids is 2. The number of nitrogens with zero attached hydrogens (tertiary/aromatic N) is 4. The van der Waals surface area contributed by atoms with E-state index in [0.29, 0.717) is 57.8 Å². The average Bonchev–Trinajstić information content (AvgIpc) is 2.85. The summed E-state index contributed by atoms with van der Waals surface area (Å²) in [5.41, 5.74) is 1.45. The van der Waals surface area contributed by atoms with Crippen molar-refractivity contribution in [1.29, 1.82) is 0 Å². The highest BCUT2D eigenvalue weighted by atomic mass is 19.1. The molecule has 0 aliphatic carbocycles. The molecule has 2 aromatic rings. The predicted octanol–water partition coefficient (Wildman–Crippen LogP) is 2.86. The van der Waals surface area contributed by atoms with Crippen LogP contribution in [0.15, 0.2) is 48.5 Å². The number of carbonyl (C=O) groups is 2. The Hall–Kier alpha value is -3.49. The number of para-hydroxylation sites is 2. The normalized spacial score (nSPS) is 17.2. The molecule has 0 bridgehead atoms. The maximum absolute atomic E-state index is 13.0. The van der Waals surface area contributed by atoms with Crippen molar-refractivity contribution in [3.8, 4) is 0 Å². The van der Waals surface area contributed by atoms with Crippen molar-refractivity contribution in [2.75, 3.05) is 44.2 Å². The second kappa shape index (κ2) is 9.97. The standard InChI is InChI=1S/C24H27FN4O4/c25-20-7-5-18(6-8-20)17-23(30)27-13-15-28(16-14-27)24(31)19-9-11-26(12-10-19)21-3-1-2-4-22(21)29(32)33/h1-8,19H,9-17H2. The number of rotatable bonds is 5. The van der Waals surface area contributed by atoms with Crippen LogP contribution >= 0.6 is 0 Å². The first kappa shape index (κ1) is 22.7. The highest BCUT2D eigenvalue weighted by Gasteiger charge is 2.32. The minimum absolute atomic E-state index is 0.0218. The van der Waals surface area contributed by atoms with Crippen molar-refractivity contribution in [3.05, 3.63) is 70.0 Å². The van der Waals surface area contributed by atoms with Crippen LogP contribution in [0.4, 0.5) is 15.8 Å². The summed E-state index contributed by atoms with van der Waals surface area (Å²) in [4.78, 5) is 42.1. The molecule has 0 atom stereocenters. The van der Waals surface area contributed by atoms with Crippen LogP contribution in [-0.4, -0.2) is 65.8 Å². The second-order valence-electron chi connectivity index (χ2n) is 8.52. The molecule has 2 aliphatic heterocycles. The van der Waals surface area contributed by atoms with Crippen molar-refractivity contribution in [3.63, 3.8) is 0 Å². The van der Waals surface area contributed by atoms with Gasteiger partial charge in [-0.3, -0.25) is 19.7 Å². The summed E-state index contributed by atoms with van der Waals surface area (Å²) in [6.45, 7) is 3.16. The third kappa shape index (κ3) is 5.30. The first-order chi connectivity index (χ1) is 15.9. The molecule has 2 aliphatic rings. The molecule has 0 unspecified atom stereocenters. The van der Waals surface area contributed by atoms with Crippen LogP contribution in [-0.2, 0) is 16.0 Å². The third-order valence-corrected chi connectivity index (χ3v) is 6.48. The summed E-state index contributed by atoms with van der Waals surface area (Å²) in [5, 5.41) is 11.3. The van der Waals surface area contributed by atoms with Crippen LogP contribution in [0.5, 0.6) is 0 Å². The molecular formula is C24H27FN4O4. The highest BCUT2D eigenvalue weighted by molar-refractivity contribution is 5.81. The summed E-state index contributed by atoms with van der Waals surface area (Å²) in [6, 6.07) is 12.6. The van der Waals surface area contributed by atoms with E-state index in [0.717, 1.165) is 5.56 Å². The molecule has 9 heteroatoms. The van der Waals surface area contributed by atoms with E-state index in [1.165, 1.54) is 18.2 Å². The van der Waals surface area contributed by atoms with Crippen LogP contribution in [0.3, 0.4) is 0 Å². The fourth-order valence-electron chi connectivity index (χ4n) is 4.58. The SMILES string of the molecule is O=C(Cc1ccc(F)cc1)N1CCN(C(=O)C2CCN(c3ccccc3[N+](=O)[O-])CC2)CC1. The van der Waals surface area contributed by atoms with Crippen molar-refractivity contribution in [2.24, 2.45) is 5.92 Å². The number of nitro groups is 1. The van der Waals surface area contributed by atoms with Crippen LogP contribution in [0.25, 0.3) is 0 Å². The smallest absolute Gasteiger partial charge is 0.292 e. The summed E-state index contributed by atoms with van der Waals surface area (Å²) in [6.07, 6.45) is 1.52. The lowest BCUT2D eigenvalue weighted by Gasteiger charge is -2.39. The van der Waals surface area contributed by atoms with E-state index in [9.17, 15) is 24.1 Å². The number of benzene rings is 2. The number of amides is 2. The number of hydrogen-bond donors (Lipinski definition) is 0. The Morgan fingerprint density at radius 2 is 1.52 bits per heavy atom. The Kier molecular flexibility index (Phi) is 6.86. The van der Waals surface area contributed by atoms with Gasteiger partial charge >= 0.3 is 0 Å². The Balaban J connectivity index is 1.26. The van der Waals surface area contributed by atoms with E-state index in [-0.39, 0.29) is 40.6 Å². The molecule has 2 heterocycles. The molecule has 8 nitrogen and oxygen atoms in total. The largest absolute Gasteiger partial charge is 0.366 e. The van der Waals surface area contributed by atoms with Crippen molar-refractivity contribution in [2.45, 2.75) is 19.3 Å². The molecule has 174 valence electrons. The number of piperidine rings is 1. The van der Waals surface area contributed by atoms with Crippen molar-refractivity contribution < 1.29 is 18.9 Å². The molecule has 2 fully saturated rings. The quantitative estimate of drug-likeness (QED) is 0.512. The van der Waals surface area contributed by atoms with E-state index in [1.54, 1.807) is 35.2 Å². The lowest BCUT2D eigenvalue weighted by atomic mass is 9.94. The van der Waals surface area contributed by atoms with Gasteiger partial charge in [0.1, 0.15) is 11.5 Å². The van der Waals surface area contributed by atoms with E-state index in [2.05, 4.69) is 0 Å². The van der Waals surface area contributed by atoms with Crippen molar-refractivity contribution >= 4 is 23.2 Å². The Labute approximate surface area is 191 Å². The molecule has 0 saturated carbocycles. The van der Waals surface area contributed by atoms with Gasteiger partial charge in [-0.25, -0.2) is 4.39 Å². The molecule has 0 radical (unpaired) electrons. The zero-order valence-corrected chi connectivity index (χ0v) is 18.4. The minimum atomic E-state index is -0.372. The molecule has 0 aromatic heterocycles. The maximum atomic E-state index is 13.0. The number of anilines is 1. The average molecular weight is 455 g/mol.